The SMILES string of the molecule is CCCCCCCCCCCCCC/C=C\CCCCCCCCCCCCCCCCC(=O)NC(COC1OC(CO)C(OC2OC(CO)C(O)C(OC3(C(=O)O)CC(O)C(NC(C)=O)C(C(O)C(O)CO)O3)C2O)C(O)C1O)C(O)CCCCCCCCCCCCCCCCCCCCCC. The van der Waals surface area contributed by atoms with Gasteiger partial charge in [0.25, 0.3) is 5.79 Å². The standard InChI is InChI=1S/C81H152N2O21/c1-4-6-8-10-12-14-16-18-20-22-24-26-27-28-29-30-31-32-33-34-35-37-39-41-43-45-47-49-51-53-55-68(91)83-62(63(88)54-52-50-48-46-44-42-40-38-36-25-23-21-19-17-15-13-11-9-7-5-2)60-99-78-73(95)72(94)75(67(59-86)101-78)102-79-74(96)77(71(93)66(58-85)100-79)104-81(80(97)98)56-64(89)69(82-61(3)87)76(103-81)70(92)65(90)57-84/h28-29,62-67,69-79,84-86,88-90,92-96H,4-27,30-60H2,1-3H3,(H,82,87)(H,83,91)(H,97,98)/b29-28-. The van der Waals surface area contributed by atoms with Crippen LogP contribution in [0.1, 0.15) is 348 Å². The van der Waals surface area contributed by atoms with Crippen molar-refractivity contribution < 1.29 is 104 Å². The fourth-order valence-corrected chi connectivity index (χ4v) is 14.8. The van der Waals surface area contributed by atoms with Crippen molar-refractivity contribution in [2.45, 2.75) is 458 Å². The van der Waals surface area contributed by atoms with E-state index in [-0.39, 0.29) is 18.9 Å². The molecule has 104 heavy (non-hydrogen) atoms. The van der Waals surface area contributed by atoms with E-state index >= 15 is 0 Å². The van der Waals surface area contributed by atoms with E-state index in [0.717, 1.165) is 58.3 Å². The third kappa shape index (κ3) is 39.9. The molecule has 3 rings (SSSR count). The average molecular weight is 1490 g/mol. The number of ether oxygens (including phenoxy) is 6. The first kappa shape index (κ1) is 95.7. The van der Waals surface area contributed by atoms with E-state index in [4.69, 9.17) is 28.4 Å². The molecule has 3 aliphatic rings. The van der Waals surface area contributed by atoms with Gasteiger partial charge in [0.1, 0.15) is 67.1 Å². The number of unbranched alkanes of at least 4 members (excludes halogenated alkanes) is 45. The van der Waals surface area contributed by atoms with Gasteiger partial charge in [0.2, 0.25) is 11.8 Å². The molecular weight excluding hydrogens is 1340 g/mol. The Morgan fingerprint density at radius 2 is 0.894 bits per heavy atom. The highest BCUT2D eigenvalue weighted by atomic mass is 16.8. The van der Waals surface area contributed by atoms with Crippen molar-refractivity contribution in [3.05, 3.63) is 12.2 Å². The number of nitrogens with one attached hydrogen (secondary N) is 2. The number of hydrogen-bond donors (Lipinski definition) is 14. The molecule has 18 atom stereocenters. The second-order valence-corrected chi connectivity index (χ2v) is 30.7. The molecule has 612 valence electrons. The smallest absolute Gasteiger partial charge is 0.364 e. The first-order valence-electron chi connectivity index (χ1n) is 42.0. The monoisotopic (exact) mass is 1490 g/mol. The largest absolute Gasteiger partial charge is 0.477 e. The summed E-state index contributed by atoms with van der Waals surface area (Å²) in [5.74, 6) is -6.09. The number of carboxylic acids is 1. The van der Waals surface area contributed by atoms with Gasteiger partial charge in [0.15, 0.2) is 12.6 Å². The number of hydrogen-bond acceptors (Lipinski definition) is 20. The van der Waals surface area contributed by atoms with Crippen molar-refractivity contribution in [2.24, 2.45) is 0 Å². The molecule has 0 aromatic rings. The van der Waals surface area contributed by atoms with Gasteiger partial charge in [-0.2, -0.15) is 0 Å². The van der Waals surface area contributed by atoms with E-state index in [0.29, 0.717) is 19.3 Å². The van der Waals surface area contributed by atoms with Crippen LogP contribution in [-0.4, -0.2) is 215 Å². The van der Waals surface area contributed by atoms with E-state index in [1.54, 1.807) is 0 Å². The number of amides is 2. The Morgan fingerprint density at radius 1 is 0.490 bits per heavy atom. The third-order valence-corrected chi connectivity index (χ3v) is 21.5. The van der Waals surface area contributed by atoms with Gasteiger partial charge in [-0.1, -0.05) is 302 Å². The van der Waals surface area contributed by atoms with E-state index < -0.39 is 148 Å². The Labute approximate surface area is 626 Å². The van der Waals surface area contributed by atoms with Gasteiger partial charge in [-0.25, -0.2) is 4.79 Å². The molecule has 0 radical (unpaired) electrons. The van der Waals surface area contributed by atoms with Crippen molar-refractivity contribution in [3.8, 4) is 0 Å². The minimum absolute atomic E-state index is 0.227. The molecular formula is C81H152N2O21. The first-order chi connectivity index (χ1) is 50.4. The summed E-state index contributed by atoms with van der Waals surface area (Å²) in [5, 5.41) is 137. The van der Waals surface area contributed by atoms with Crippen molar-refractivity contribution in [1.29, 1.82) is 0 Å². The molecule has 0 aromatic carbocycles. The molecule has 14 N–H and O–H groups in total. The molecule has 0 saturated carbocycles. The highest BCUT2D eigenvalue weighted by Crippen LogP contribution is 2.39. The predicted molar refractivity (Wildman–Crippen MR) is 403 cm³/mol. The van der Waals surface area contributed by atoms with Crippen molar-refractivity contribution in [1.82, 2.24) is 10.6 Å². The molecule has 3 aliphatic heterocycles. The highest BCUT2D eigenvalue weighted by Gasteiger charge is 2.60. The molecule has 3 heterocycles. The number of carbonyl (C=O) groups excluding carboxylic acids is 2. The van der Waals surface area contributed by atoms with Gasteiger partial charge in [-0.15, -0.1) is 0 Å². The van der Waals surface area contributed by atoms with Gasteiger partial charge >= 0.3 is 5.97 Å². The summed E-state index contributed by atoms with van der Waals surface area (Å²) >= 11 is 0. The molecule has 2 amide bonds. The van der Waals surface area contributed by atoms with Crippen molar-refractivity contribution in [3.63, 3.8) is 0 Å². The molecule has 23 heteroatoms. The van der Waals surface area contributed by atoms with Crippen LogP contribution >= 0.6 is 0 Å². The second-order valence-electron chi connectivity index (χ2n) is 30.7. The maximum Gasteiger partial charge on any atom is 0.364 e. The lowest BCUT2D eigenvalue weighted by atomic mass is 9.88. The van der Waals surface area contributed by atoms with Gasteiger partial charge in [-0.3, -0.25) is 9.59 Å². The molecule has 0 spiro atoms. The van der Waals surface area contributed by atoms with E-state index in [9.17, 15) is 75.7 Å². The normalized spacial score (nSPS) is 26.4. The van der Waals surface area contributed by atoms with E-state index in [2.05, 4.69) is 36.6 Å². The molecule has 3 fully saturated rings. The van der Waals surface area contributed by atoms with Crippen LogP contribution in [0.15, 0.2) is 12.2 Å². The van der Waals surface area contributed by atoms with Crippen LogP contribution < -0.4 is 10.6 Å². The molecule has 0 aliphatic carbocycles. The number of carbonyl (C=O) groups is 3. The van der Waals surface area contributed by atoms with E-state index in [1.807, 2.05) is 0 Å². The molecule has 23 nitrogen and oxygen atoms in total. The quantitative estimate of drug-likeness (QED) is 0.0199. The number of aliphatic hydroxyl groups excluding tert-OH is 11. The predicted octanol–water partition coefficient (Wildman–Crippen LogP) is 11.7. The van der Waals surface area contributed by atoms with Crippen LogP contribution in [-0.2, 0) is 42.8 Å². The van der Waals surface area contributed by atoms with Crippen LogP contribution in [0.3, 0.4) is 0 Å². The average Bonchev–Trinajstić information content (AvgIpc) is 0.754. The fraction of sp³-hybridized carbons (Fsp3) is 0.938. The Hall–Kier alpha value is -2.53. The lowest BCUT2D eigenvalue weighted by Gasteiger charge is -2.50. The summed E-state index contributed by atoms with van der Waals surface area (Å²) in [6.07, 6.45) is 36.4. The number of allylic oxidation sites excluding steroid dienone is 2. The molecule has 18 unspecified atom stereocenters. The van der Waals surface area contributed by atoms with E-state index in [1.165, 1.54) is 244 Å². The number of rotatable bonds is 67. The zero-order chi connectivity index (χ0) is 76.0. The Bertz CT molecular complexity index is 2120. The van der Waals surface area contributed by atoms with Gasteiger partial charge in [-0.05, 0) is 38.5 Å². The van der Waals surface area contributed by atoms with Crippen LogP contribution in [0.25, 0.3) is 0 Å². The molecule has 0 aromatic heterocycles. The highest BCUT2D eigenvalue weighted by molar-refractivity contribution is 5.77. The molecule has 0 bridgehead atoms. The lowest BCUT2D eigenvalue weighted by Crippen LogP contribution is -2.70. The Kier molecular flexibility index (Phi) is 55.4. The topological polar surface area (TPSA) is 373 Å². The number of carboxylic acid groups (broad SMARTS) is 1. The zero-order valence-corrected chi connectivity index (χ0v) is 64.9. The summed E-state index contributed by atoms with van der Waals surface area (Å²) in [4.78, 5) is 38.7. The number of aliphatic hydroxyl groups is 11. The maximum absolute atomic E-state index is 13.6. The summed E-state index contributed by atoms with van der Waals surface area (Å²) in [6, 6.07) is -2.53. The summed E-state index contributed by atoms with van der Waals surface area (Å²) in [6.45, 7) is 2.27. The van der Waals surface area contributed by atoms with Crippen molar-refractivity contribution in [2.75, 3.05) is 26.4 Å². The van der Waals surface area contributed by atoms with Crippen LogP contribution in [0.4, 0.5) is 0 Å². The van der Waals surface area contributed by atoms with Gasteiger partial charge < -0.3 is 100 Å². The minimum Gasteiger partial charge on any atom is -0.477 e. The van der Waals surface area contributed by atoms with Crippen LogP contribution in [0.5, 0.6) is 0 Å². The van der Waals surface area contributed by atoms with Crippen LogP contribution in [0.2, 0.25) is 0 Å². The van der Waals surface area contributed by atoms with Crippen molar-refractivity contribution >= 4 is 17.8 Å². The molecule has 3 saturated heterocycles. The van der Waals surface area contributed by atoms with Gasteiger partial charge in [0, 0.05) is 19.8 Å². The fourth-order valence-electron chi connectivity index (χ4n) is 14.8. The zero-order valence-electron chi connectivity index (χ0n) is 64.9. The Balaban J connectivity index is 1.48. The summed E-state index contributed by atoms with van der Waals surface area (Å²) in [5.41, 5.74) is 0. The Morgan fingerprint density at radius 3 is 1.30 bits per heavy atom. The maximum atomic E-state index is 13.6. The van der Waals surface area contributed by atoms with Crippen LogP contribution in [0, 0.1) is 0 Å². The first-order valence-corrected chi connectivity index (χ1v) is 42.0. The summed E-state index contributed by atoms with van der Waals surface area (Å²) < 4.78 is 35.0. The third-order valence-electron chi connectivity index (χ3n) is 21.5. The summed E-state index contributed by atoms with van der Waals surface area (Å²) in [7, 11) is 0. The van der Waals surface area contributed by atoms with Gasteiger partial charge in [0.05, 0.1) is 50.7 Å². The minimum atomic E-state index is -3.08. The second kappa shape index (κ2) is 60.2. The lowest BCUT2D eigenvalue weighted by molar-refractivity contribution is -0.386. The number of aliphatic carboxylic acids is 1.